The smallest absolute Gasteiger partial charge is 0.316 e. The van der Waals surface area contributed by atoms with Crippen molar-refractivity contribution >= 4 is 10.9 Å². The van der Waals surface area contributed by atoms with Crippen molar-refractivity contribution in [3.05, 3.63) is 89.6 Å². The van der Waals surface area contributed by atoms with Crippen molar-refractivity contribution in [3.8, 4) is 29.4 Å². The number of rotatable bonds is 5. The van der Waals surface area contributed by atoms with Crippen LogP contribution in [0.4, 0.5) is 0 Å². The Morgan fingerprint density at radius 2 is 1.73 bits per heavy atom. The molecule has 0 atom stereocenters. The molecule has 4 aromatic rings. The molecule has 148 valence electrons. The summed E-state index contributed by atoms with van der Waals surface area (Å²) in [7, 11) is 3.18. The van der Waals surface area contributed by atoms with E-state index in [0.717, 1.165) is 33.3 Å². The first-order chi connectivity index (χ1) is 14.7. The monoisotopic (exact) mass is 396 g/mol. The molecule has 5 heteroatoms. The SMILES string of the molecule is COc1ccc(OCc2ccccc2)c(C#Cc2ccc3nc(OC)ncc3c2)c1. The summed E-state index contributed by atoms with van der Waals surface area (Å²) in [5, 5.41) is 0.897. The normalized spacial score (nSPS) is 10.2. The molecule has 0 amide bonds. The zero-order valence-electron chi connectivity index (χ0n) is 16.8. The van der Waals surface area contributed by atoms with Gasteiger partial charge in [-0.15, -0.1) is 0 Å². The van der Waals surface area contributed by atoms with Crippen molar-refractivity contribution in [1.82, 2.24) is 9.97 Å². The second-order valence-electron chi connectivity index (χ2n) is 6.52. The van der Waals surface area contributed by atoms with Crippen molar-refractivity contribution in [2.75, 3.05) is 14.2 Å². The molecule has 0 aliphatic carbocycles. The predicted molar refractivity (Wildman–Crippen MR) is 116 cm³/mol. The Labute approximate surface area is 175 Å². The Bertz CT molecular complexity index is 1230. The van der Waals surface area contributed by atoms with E-state index in [4.69, 9.17) is 14.2 Å². The van der Waals surface area contributed by atoms with Crippen LogP contribution in [0.15, 0.2) is 72.9 Å². The second kappa shape index (κ2) is 8.97. The van der Waals surface area contributed by atoms with Crippen LogP contribution in [0.2, 0.25) is 0 Å². The summed E-state index contributed by atoms with van der Waals surface area (Å²) in [6, 6.07) is 21.8. The average Bonchev–Trinajstić information content (AvgIpc) is 2.81. The molecule has 0 aliphatic heterocycles. The first-order valence-corrected chi connectivity index (χ1v) is 9.43. The minimum Gasteiger partial charge on any atom is -0.497 e. The van der Waals surface area contributed by atoms with Crippen LogP contribution < -0.4 is 14.2 Å². The fourth-order valence-electron chi connectivity index (χ4n) is 2.93. The number of hydrogen-bond acceptors (Lipinski definition) is 5. The quantitative estimate of drug-likeness (QED) is 0.461. The van der Waals surface area contributed by atoms with Crippen molar-refractivity contribution in [2.45, 2.75) is 6.61 Å². The molecule has 0 radical (unpaired) electrons. The summed E-state index contributed by atoms with van der Waals surface area (Å²) in [5.41, 5.74) is 3.52. The maximum atomic E-state index is 6.01. The molecule has 0 aliphatic rings. The van der Waals surface area contributed by atoms with E-state index in [1.165, 1.54) is 0 Å². The summed E-state index contributed by atoms with van der Waals surface area (Å²) < 4.78 is 16.4. The first kappa shape index (κ1) is 19.3. The molecule has 3 aromatic carbocycles. The van der Waals surface area contributed by atoms with Crippen LogP contribution >= 0.6 is 0 Å². The Morgan fingerprint density at radius 1 is 0.867 bits per heavy atom. The van der Waals surface area contributed by atoms with Crippen molar-refractivity contribution in [3.63, 3.8) is 0 Å². The van der Waals surface area contributed by atoms with Gasteiger partial charge >= 0.3 is 6.01 Å². The van der Waals surface area contributed by atoms with Gasteiger partial charge in [0, 0.05) is 17.1 Å². The first-order valence-electron chi connectivity index (χ1n) is 9.43. The van der Waals surface area contributed by atoms with Crippen LogP contribution in [-0.2, 0) is 6.61 Å². The third-order valence-electron chi connectivity index (χ3n) is 4.51. The molecular weight excluding hydrogens is 376 g/mol. The highest BCUT2D eigenvalue weighted by molar-refractivity contribution is 5.79. The van der Waals surface area contributed by atoms with E-state index in [0.29, 0.717) is 18.4 Å². The number of ether oxygens (including phenoxy) is 3. The molecule has 0 saturated heterocycles. The number of methoxy groups -OCH3 is 2. The van der Waals surface area contributed by atoms with Gasteiger partial charge in [0.1, 0.15) is 18.1 Å². The maximum absolute atomic E-state index is 6.01. The molecule has 4 rings (SSSR count). The van der Waals surface area contributed by atoms with Gasteiger partial charge in [-0.1, -0.05) is 42.2 Å². The zero-order chi connectivity index (χ0) is 20.8. The van der Waals surface area contributed by atoms with Gasteiger partial charge in [0.05, 0.1) is 25.3 Å². The molecular formula is C25H20N2O3. The molecule has 0 unspecified atom stereocenters. The fraction of sp³-hybridized carbons (Fsp3) is 0.120. The molecule has 0 spiro atoms. The highest BCUT2D eigenvalue weighted by Gasteiger charge is 2.05. The minimum absolute atomic E-state index is 0.345. The van der Waals surface area contributed by atoms with Crippen LogP contribution in [0.1, 0.15) is 16.7 Å². The van der Waals surface area contributed by atoms with E-state index in [2.05, 4.69) is 21.8 Å². The lowest BCUT2D eigenvalue weighted by atomic mass is 10.1. The molecule has 5 nitrogen and oxygen atoms in total. The van der Waals surface area contributed by atoms with Gasteiger partial charge in [0.15, 0.2) is 0 Å². The Balaban J connectivity index is 1.62. The Hall–Kier alpha value is -4.04. The molecule has 1 aromatic heterocycles. The summed E-state index contributed by atoms with van der Waals surface area (Å²) in [6.07, 6.45) is 1.73. The van der Waals surface area contributed by atoms with E-state index >= 15 is 0 Å². The topological polar surface area (TPSA) is 53.5 Å². The number of fused-ring (bicyclic) bond motifs is 1. The third kappa shape index (κ3) is 4.50. The van der Waals surface area contributed by atoms with Gasteiger partial charge in [-0.05, 0) is 42.0 Å². The lowest BCUT2D eigenvalue weighted by molar-refractivity contribution is 0.304. The standard InChI is InChI=1S/C25H20N2O3/c1-28-22-11-13-24(30-17-19-6-4-3-5-7-19)20(15-22)10-8-18-9-12-23-21(14-18)16-26-25(27-23)29-2/h3-7,9,11-16H,17H2,1-2H3. The van der Waals surface area contributed by atoms with E-state index in [-0.39, 0.29) is 0 Å². The molecule has 0 saturated carbocycles. The van der Waals surface area contributed by atoms with Crippen LogP contribution in [-0.4, -0.2) is 24.2 Å². The van der Waals surface area contributed by atoms with E-state index in [9.17, 15) is 0 Å². The second-order valence-corrected chi connectivity index (χ2v) is 6.52. The molecule has 0 fully saturated rings. The summed E-state index contributed by atoms with van der Waals surface area (Å²) in [4.78, 5) is 8.48. The van der Waals surface area contributed by atoms with Crippen LogP contribution in [0, 0.1) is 11.8 Å². The van der Waals surface area contributed by atoms with Crippen LogP contribution in [0.3, 0.4) is 0 Å². The molecule has 1 heterocycles. The highest BCUT2D eigenvalue weighted by Crippen LogP contribution is 2.25. The van der Waals surface area contributed by atoms with Crippen molar-refractivity contribution in [2.24, 2.45) is 0 Å². The largest absolute Gasteiger partial charge is 0.497 e. The van der Waals surface area contributed by atoms with Crippen molar-refractivity contribution in [1.29, 1.82) is 0 Å². The van der Waals surface area contributed by atoms with Gasteiger partial charge in [0.25, 0.3) is 0 Å². The van der Waals surface area contributed by atoms with E-state index < -0.39 is 0 Å². The fourth-order valence-corrected chi connectivity index (χ4v) is 2.93. The Morgan fingerprint density at radius 3 is 2.53 bits per heavy atom. The summed E-state index contributed by atoms with van der Waals surface area (Å²) >= 11 is 0. The highest BCUT2D eigenvalue weighted by atomic mass is 16.5. The number of aromatic nitrogens is 2. The van der Waals surface area contributed by atoms with Gasteiger partial charge in [-0.3, -0.25) is 0 Å². The van der Waals surface area contributed by atoms with Gasteiger partial charge in [0.2, 0.25) is 0 Å². The number of nitrogens with zero attached hydrogens (tertiary/aromatic N) is 2. The van der Waals surface area contributed by atoms with Gasteiger partial charge in [-0.2, -0.15) is 4.98 Å². The summed E-state index contributed by atoms with van der Waals surface area (Å²) in [5.74, 6) is 7.84. The van der Waals surface area contributed by atoms with Crippen LogP contribution in [0.25, 0.3) is 10.9 Å². The lowest BCUT2D eigenvalue weighted by Gasteiger charge is -2.10. The number of hydrogen-bond donors (Lipinski definition) is 0. The lowest BCUT2D eigenvalue weighted by Crippen LogP contribution is -1.97. The van der Waals surface area contributed by atoms with Crippen LogP contribution in [0.5, 0.6) is 17.5 Å². The molecule has 0 N–H and O–H groups in total. The predicted octanol–water partition coefficient (Wildman–Crippen LogP) is 4.63. The Kier molecular flexibility index (Phi) is 5.77. The van der Waals surface area contributed by atoms with Gasteiger partial charge in [-0.25, -0.2) is 4.98 Å². The zero-order valence-corrected chi connectivity index (χ0v) is 16.8. The minimum atomic E-state index is 0.345. The van der Waals surface area contributed by atoms with Gasteiger partial charge < -0.3 is 14.2 Å². The summed E-state index contributed by atoms with van der Waals surface area (Å²) in [6.45, 7) is 0.469. The number of benzene rings is 3. The molecule has 30 heavy (non-hydrogen) atoms. The van der Waals surface area contributed by atoms with E-state index in [1.54, 1.807) is 20.4 Å². The van der Waals surface area contributed by atoms with Crippen molar-refractivity contribution < 1.29 is 14.2 Å². The average molecular weight is 396 g/mol. The maximum Gasteiger partial charge on any atom is 0.316 e. The molecule has 0 bridgehead atoms. The third-order valence-corrected chi connectivity index (χ3v) is 4.51. The van der Waals surface area contributed by atoms with E-state index in [1.807, 2.05) is 66.7 Å².